The second-order valence-electron chi connectivity index (χ2n) is 4.27. The van der Waals surface area contributed by atoms with Gasteiger partial charge in [0.25, 0.3) is 5.91 Å². The fourth-order valence-corrected chi connectivity index (χ4v) is 2.70. The number of rotatable bonds is 5. The summed E-state index contributed by atoms with van der Waals surface area (Å²) in [6, 6.07) is 7.43. The predicted octanol–water partition coefficient (Wildman–Crippen LogP) is 3.09. The molecule has 7 heteroatoms. The molecule has 0 saturated carbocycles. The number of amides is 1. The first kappa shape index (κ1) is 15.5. The molecule has 0 saturated heterocycles. The molecule has 0 radical (unpaired) electrons. The minimum absolute atomic E-state index is 0.194. The molecule has 2 aromatic rings. The Kier molecular flexibility index (Phi) is 5.35. The van der Waals surface area contributed by atoms with E-state index in [0.29, 0.717) is 0 Å². The van der Waals surface area contributed by atoms with Crippen molar-refractivity contribution in [2.45, 2.75) is 6.92 Å². The number of hydrogen-bond donors (Lipinski definition) is 2. The molecule has 0 aliphatic heterocycles. The molecule has 0 unspecified atom stereocenters. The number of carbonyl (C=O) groups is 1. The van der Waals surface area contributed by atoms with E-state index in [1.807, 2.05) is 41.9 Å². The van der Waals surface area contributed by atoms with E-state index in [4.69, 9.17) is 10.6 Å². The summed E-state index contributed by atoms with van der Waals surface area (Å²) in [6.07, 6.45) is 0. The van der Waals surface area contributed by atoms with Gasteiger partial charge in [-0.05, 0) is 42.1 Å². The summed E-state index contributed by atoms with van der Waals surface area (Å²) in [6.45, 7) is 1.72. The molecule has 5 nitrogen and oxygen atoms in total. The van der Waals surface area contributed by atoms with Gasteiger partial charge in [-0.15, -0.1) is 0 Å². The monoisotopic (exact) mass is 367 g/mol. The first-order valence-electron chi connectivity index (χ1n) is 6.10. The van der Waals surface area contributed by atoms with Crippen LogP contribution in [0.2, 0.25) is 0 Å². The van der Waals surface area contributed by atoms with Gasteiger partial charge in [0, 0.05) is 21.1 Å². The molecule has 0 spiro atoms. The molecule has 0 bridgehead atoms. The lowest BCUT2D eigenvalue weighted by Crippen LogP contribution is -2.19. The first-order chi connectivity index (χ1) is 10.1. The lowest BCUT2D eigenvalue weighted by Gasteiger charge is -2.08. The van der Waals surface area contributed by atoms with Crippen LogP contribution in [-0.4, -0.2) is 18.3 Å². The number of aryl methyl sites for hydroxylation is 1. The Morgan fingerprint density at radius 2 is 2.29 bits per heavy atom. The van der Waals surface area contributed by atoms with Gasteiger partial charge in [-0.2, -0.15) is 11.3 Å². The number of carbonyl (C=O) groups excluding carboxylic acids is 1. The van der Waals surface area contributed by atoms with Crippen LogP contribution in [0.3, 0.4) is 0 Å². The van der Waals surface area contributed by atoms with E-state index in [-0.39, 0.29) is 18.3 Å². The van der Waals surface area contributed by atoms with Crippen molar-refractivity contribution in [3.63, 3.8) is 0 Å². The quantitative estimate of drug-likeness (QED) is 0.484. The molecule has 2 rings (SSSR count). The highest BCUT2D eigenvalue weighted by Crippen LogP contribution is 2.19. The maximum Gasteiger partial charge on any atom is 0.265 e. The molecule has 21 heavy (non-hydrogen) atoms. The molecule has 1 heterocycles. The highest BCUT2D eigenvalue weighted by molar-refractivity contribution is 9.10. The molecular weight excluding hydrogens is 354 g/mol. The number of thiophene rings is 1. The number of hydrogen-bond acceptors (Lipinski definition) is 4. The van der Waals surface area contributed by atoms with Gasteiger partial charge in [0.2, 0.25) is 0 Å². The Labute approximate surface area is 134 Å². The standard InChI is InChI=1S/C14H14BrN3O2S/c1-9-6-11(15)2-3-12(9)17-13(19)7-20-18-14(16)10-4-5-21-8-10/h2-6,8H,7H2,1H3,(H2,16,18)(H,17,19). The van der Waals surface area contributed by atoms with Crippen LogP contribution >= 0.6 is 27.3 Å². The third-order valence-corrected chi connectivity index (χ3v) is 3.81. The van der Waals surface area contributed by atoms with Crippen LogP contribution in [0.15, 0.2) is 44.7 Å². The Balaban J connectivity index is 1.86. The van der Waals surface area contributed by atoms with Gasteiger partial charge < -0.3 is 15.9 Å². The molecule has 1 aromatic carbocycles. The van der Waals surface area contributed by atoms with E-state index in [2.05, 4.69) is 26.4 Å². The molecule has 0 aliphatic carbocycles. The van der Waals surface area contributed by atoms with Crippen LogP contribution in [0.5, 0.6) is 0 Å². The van der Waals surface area contributed by atoms with Gasteiger partial charge in [0.1, 0.15) is 0 Å². The number of oxime groups is 1. The fourth-order valence-electron chi connectivity index (χ4n) is 1.58. The lowest BCUT2D eigenvalue weighted by molar-refractivity contribution is -0.120. The van der Waals surface area contributed by atoms with Crippen molar-refractivity contribution < 1.29 is 9.63 Å². The predicted molar refractivity (Wildman–Crippen MR) is 88.5 cm³/mol. The van der Waals surface area contributed by atoms with E-state index in [1.165, 1.54) is 11.3 Å². The number of nitrogens with two attached hydrogens (primary N) is 1. The van der Waals surface area contributed by atoms with Gasteiger partial charge >= 0.3 is 0 Å². The average molecular weight is 368 g/mol. The summed E-state index contributed by atoms with van der Waals surface area (Å²) in [5.41, 5.74) is 8.19. The van der Waals surface area contributed by atoms with Gasteiger partial charge in [-0.1, -0.05) is 21.1 Å². The number of benzene rings is 1. The summed E-state index contributed by atoms with van der Waals surface area (Å²) in [7, 11) is 0. The summed E-state index contributed by atoms with van der Waals surface area (Å²) < 4.78 is 0.961. The van der Waals surface area contributed by atoms with Gasteiger partial charge in [0.15, 0.2) is 12.4 Å². The number of halogens is 1. The van der Waals surface area contributed by atoms with Crippen LogP contribution in [0.4, 0.5) is 5.69 Å². The van der Waals surface area contributed by atoms with Crippen molar-refractivity contribution in [3.8, 4) is 0 Å². The summed E-state index contributed by atoms with van der Waals surface area (Å²) in [5.74, 6) is -0.0360. The maximum absolute atomic E-state index is 11.8. The van der Waals surface area contributed by atoms with Crippen molar-refractivity contribution in [1.82, 2.24) is 0 Å². The Morgan fingerprint density at radius 1 is 1.48 bits per heavy atom. The normalized spacial score (nSPS) is 11.2. The largest absolute Gasteiger partial charge is 0.384 e. The van der Waals surface area contributed by atoms with Gasteiger partial charge in [-0.25, -0.2) is 0 Å². The summed E-state index contributed by atoms with van der Waals surface area (Å²) >= 11 is 4.88. The number of nitrogens with zero attached hydrogens (tertiary/aromatic N) is 1. The summed E-state index contributed by atoms with van der Waals surface area (Å²) in [5, 5.41) is 10.2. The van der Waals surface area contributed by atoms with Crippen molar-refractivity contribution in [2.24, 2.45) is 10.9 Å². The molecule has 1 aromatic heterocycles. The third kappa shape index (κ3) is 4.57. The number of anilines is 1. The minimum atomic E-state index is -0.290. The zero-order chi connectivity index (χ0) is 15.2. The molecular formula is C14H14BrN3O2S. The second-order valence-corrected chi connectivity index (χ2v) is 5.97. The minimum Gasteiger partial charge on any atom is -0.384 e. The van der Waals surface area contributed by atoms with Crippen molar-refractivity contribution in [2.75, 3.05) is 11.9 Å². The third-order valence-electron chi connectivity index (χ3n) is 2.64. The SMILES string of the molecule is Cc1cc(Br)ccc1NC(=O)CO/N=C(/N)c1ccsc1. The lowest BCUT2D eigenvalue weighted by atomic mass is 10.2. The van der Waals surface area contributed by atoms with E-state index >= 15 is 0 Å². The topological polar surface area (TPSA) is 76.7 Å². The molecule has 0 fully saturated rings. The summed E-state index contributed by atoms with van der Waals surface area (Å²) in [4.78, 5) is 16.7. The van der Waals surface area contributed by atoms with Gasteiger partial charge in [-0.3, -0.25) is 4.79 Å². The molecule has 3 N–H and O–H groups in total. The van der Waals surface area contributed by atoms with E-state index < -0.39 is 0 Å². The van der Waals surface area contributed by atoms with Crippen molar-refractivity contribution >= 4 is 44.7 Å². The molecule has 0 atom stereocenters. The molecule has 1 amide bonds. The number of nitrogens with one attached hydrogen (secondary N) is 1. The second kappa shape index (κ2) is 7.24. The highest BCUT2D eigenvalue weighted by atomic mass is 79.9. The van der Waals surface area contributed by atoms with Crippen LogP contribution in [0.1, 0.15) is 11.1 Å². The Morgan fingerprint density at radius 3 is 2.95 bits per heavy atom. The van der Waals surface area contributed by atoms with Crippen LogP contribution < -0.4 is 11.1 Å². The van der Waals surface area contributed by atoms with E-state index in [1.54, 1.807) is 0 Å². The van der Waals surface area contributed by atoms with Crippen LogP contribution in [0.25, 0.3) is 0 Å². The van der Waals surface area contributed by atoms with Crippen molar-refractivity contribution in [1.29, 1.82) is 0 Å². The van der Waals surface area contributed by atoms with Gasteiger partial charge in [0.05, 0.1) is 0 Å². The van der Waals surface area contributed by atoms with Crippen LogP contribution in [-0.2, 0) is 9.63 Å². The zero-order valence-electron chi connectivity index (χ0n) is 11.3. The average Bonchev–Trinajstić information content (AvgIpc) is 2.96. The molecule has 110 valence electrons. The number of amidine groups is 1. The fraction of sp³-hybridized carbons (Fsp3) is 0.143. The smallest absolute Gasteiger partial charge is 0.265 e. The first-order valence-corrected chi connectivity index (χ1v) is 7.84. The van der Waals surface area contributed by atoms with Crippen molar-refractivity contribution in [3.05, 3.63) is 50.6 Å². The zero-order valence-corrected chi connectivity index (χ0v) is 13.7. The van der Waals surface area contributed by atoms with Crippen LogP contribution in [0, 0.1) is 6.92 Å². The van der Waals surface area contributed by atoms with E-state index in [0.717, 1.165) is 21.3 Å². The van der Waals surface area contributed by atoms with E-state index in [9.17, 15) is 4.79 Å². The maximum atomic E-state index is 11.8. The Bertz CT molecular complexity index is 656. The molecule has 0 aliphatic rings. The Hall–Kier alpha value is -1.86. The highest BCUT2D eigenvalue weighted by Gasteiger charge is 2.06.